The van der Waals surface area contributed by atoms with Gasteiger partial charge in [0.05, 0.1) is 15.6 Å². The second kappa shape index (κ2) is 7.84. The van der Waals surface area contributed by atoms with Gasteiger partial charge in [-0.2, -0.15) is 0 Å². The average molecular weight is 411 g/mol. The molecule has 3 aromatic carbocycles. The summed E-state index contributed by atoms with van der Waals surface area (Å²) in [6, 6.07) is 15.8. The zero-order valence-electron chi connectivity index (χ0n) is 15.4. The summed E-state index contributed by atoms with van der Waals surface area (Å²) in [5.74, 6) is -1.71. The van der Waals surface area contributed by atoms with Gasteiger partial charge in [0.2, 0.25) is 0 Å². The number of nitro benzene ring substituents is 1. The van der Waals surface area contributed by atoms with E-state index < -0.39 is 26.5 Å². The Labute approximate surface area is 167 Å². The molecule has 0 aliphatic carbocycles. The lowest BCUT2D eigenvalue weighted by Gasteiger charge is -2.09. The van der Waals surface area contributed by atoms with Crippen molar-refractivity contribution >= 4 is 38.3 Å². The molecule has 8 heteroatoms. The Morgan fingerprint density at radius 2 is 1.79 bits per heavy atom. The van der Waals surface area contributed by atoms with Gasteiger partial charge in [0.25, 0.3) is 5.69 Å². The molecule has 0 radical (unpaired) electrons. The van der Waals surface area contributed by atoms with Gasteiger partial charge >= 0.3 is 5.97 Å². The normalized spacial score (nSPS) is 12.1. The number of fused-ring (bicyclic) bond motifs is 1. The first-order valence-corrected chi connectivity index (χ1v) is 10.2. The standard InChI is InChI=1S/C21H17NO6S/c1-14(21(23)24)11-15-9-10-19(22(25)26)17(12-15)13-29(27,28)20-8-4-6-16-5-2-3-7-18(16)20/h2-12H,13H2,1H3,(H,23,24). The van der Waals surface area contributed by atoms with Crippen LogP contribution in [0.4, 0.5) is 5.69 Å². The second-order valence-corrected chi connectivity index (χ2v) is 8.47. The summed E-state index contributed by atoms with van der Waals surface area (Å²) in [7, 11) is -3.90. The molecule has 3 rings (SSSR count). The second-order valence-electron chi connectivity index (χ2n) is 6.51. The molecule has 0 saturated carbocycles. The highest BCUT2D eigenvalue weighted by Gasteiger charge is 2.24. The number of carbonyl (C=O) groups is 1. The molecule has 0 atom stereocenters. The third-order valence-electron chi connectivity index (χ3n) is 4.45. The van der Waals surface area contributed by atoms with Crippen molar-refractivity contribution < 1.29 is 23.2 Å². The minimum absolute atomic E-state index is 0.00475. The monoisotopic (exact) mass is 411 g/mol. The van der Waals surface area contributed by atoms with Gasteiger partial charge < -0.3 is 5.11 Å². The van der Waals surface area contributed by atoms with E-state index in [1.807, 2.05) is 0 Å². The van der Waals surface area contributed by atoms with E-state index >= 15 is 0 Å². The maximum absolute atomic E-state index is 13.1. The lowest BCUT2D eigenvalue weighted by molar-refractivity contribution is -0.385. The fourth-order valence-electron chi connectivity index (χ4n) is 3.05. The van der Waals surface area contributed by atoms with Crippen molar-refractivity contribution in [2.24, 2.45) is 0 Å². The smallest absolute Gasteiger partial charge is 0.331 e. The number of hydrogen-bond donors (Lipinski definition) is 1. The molecule has 3 aromatic rings. The third-order valence-corrected chi connectivity index (χ3v) is 6.17. The van der Waals surface area contributed by atoms with Gasteiger partial charge in [-0.15, -0.1) is 0 Å². The highest BCUT2D eigenvalue weighted by molar-refractivity contribution is 7.90. The Hall–Kier alpha value is -3.52. The van der Waals surface area contributed by atoms with Crippen molar-refractivity contribution in [2.45, 2.75) is 17.6 Å². The first-order chi connectivity index (χ1) is 13.7. The van der Waals surface area contributed by atoms with Gasteiger partial charge in [0.15, 0.2) is 9.84 Å². The van der Waals surface area contributed by atoms with Crippen LogP contribution in [-0.2, 0) is 20.4 Å². The molecule has 1 N–H and O–H groups in total. The number of rotatable bonds is 6. The summed E-state index contributed by atoms with van der Waals surface area (Å²) < 4.78 is 26.2. The van der Waals surface area contributed by atoms with Gasteiger partial charge in [0.1, 0.15) is 0 Å². The Balaban J connectivity index is 2.11. The summed E-state index contributed by atoms with van der Waals surface area (Å²) >= 11 is 0. The van der Waals surface area contributed by atoms with E-state index in [4.69, 9.17) is 5.11 Å². The average Bonchev–Trinajstić information content (AvgIpc) is 2.67. The van der Waals surface area contributed by atoms with E-state index in [-0.39, 0.29) is 21.7 Å². The lowest BCUT2D eigenvalue weighted by Crippen LogP contribution is -2.08. The Kier molecular flexibility index (Phi) is 5.47. The first-order valence-electron chi connectivity index (χ1n) is 8.58. The van der Waals surface area contributed by atoms with Crippen LogP contribution >= 0.6 is 0 Å². The number of aliphatic carboxylic acids is 1. The van der Waals surface area contributed by atoms with Crippen LogP contribution in [0.15, 0.2) is 71.1 Å². The number of hydrogen-bond acceptors (Lipinski definition) is 5. The molecule has 0 aliphatic rings. The fourth-order valence-corrected chi connectivity index (χ4v) is 4.65. The van der Waals surface area contributed by atoms with Crippen molar-refractivity contribution in [3.8, 4) is 0 Å². The molecule has 7 nitrogen and oxygen atoms in total. The summed E-state index contributed by atoms with van der Waals surface area (Å²) in [4.78, 5) is 21.9. The van der Waals surface area contributed by atoms with E-state index in [1.54, 1.807) is 36.4 Å². The van der Waals surface area contributed by atoms with Crippen molar-refractivity contribution in [3.63, 3.8) is 0 Å². The van der Waals surface area contributed by atoms with E-state index in [0.717, 1.165) is 5.39 Å². The van der Waals surface area contributed by atoms with Gasteiger partial charge in [-0.05, 0) is 42.1 Å². The summed E-state index contributed by atoms with van der Waals surface area (Å²) in [6.45, 7) is 1.39. The molecule has 0 aromatic heterocycles. The van der Waals surface area contributed by atoms with Crippen molar-refractivity contribution in [1.82, 2.24) is 0 Å². The van der Waals surface area contributed by atoms with E-state index in [9.17, 15) is 23.3 Å². The van der Waals surface area contributed by atoms with Crippen molar-refractivity contribution in [1.29, 1.82) is 0 Å². The fraction of sp³-hybridized carbons (Fsp3) is 0.0952. The van der Waals surface area contributed by atoms with Crippen LogP contribution < -0.4 is 0 Å². The van der Waals surface area contributed by atoms with Crippen LogP contribution in [0, 0.1) is 10.1 Å². The van der Waals surface area contributed by atoms with Crippen molar-refractivity contribution in [2.75, 3.05) is 0 Å². The van der Waals surface area contributed by atoms with Gasteiger partial charge in [-0.1, -0.05) is 36.4 Å². The summed E-state index contributed by atoms with van der Waals surface area (Å²) in [6.07, 6.45) is 1.33. The molecule has 148 valence electrons. The first kappa shape index (κ1) is 20.2. The van der Waals surface area contributed by atoms with Gasteiger partial charge in [-0.25, -0.2) is 13.2 Å². The highest BCUT2D eigenvalue weighted by Crippen LogP contribution is 2.29. The Morgan fingerprint density at radius 3 is 2.48 bits per heavy atom. The quantitative estimate of drug-likeness (QED) is 0.369. The van der Waals surface area contributed by atoms with E-state index in [1.165, 1.54) is 37.3 Å². The number of nitrogens with zero attached hydrogens (tertiary/aromatic N) is 1. The predicted octanol–water partition coefficient (Wildman–Crippen LogP) is 4.21. The number of nitro groups is 1. The number of sulfone groups is 1. The van der Waals surface area contributed by atoms with E-state index in [2.05, 4.69) is 0 Å². The highest BCUT2D eigenvalue weighted by atomic mass is 32.2. The van der Waals surface area contributed by atoms with Crippen LogP contribution in [0.1, 0.15) is 18.1 Å². The summed E-state index contributed by atoms with van der Waals surface area (Å²) in [5, 5.41) is 21.7. The van der Waals surface area contributed by atoms with Crippen LogP contribution in [0.2, 0.25) is 0 Å². The predicted molar refractivity (Wildman–Crippen MR) is 109 cm³/mol. The lowest BCUT2D eigenvalue weighted by atomic mass is 10.1. The molecule has 0 saturated heterocycles. The van der Waals surface area contributed by atoms with Crippen LogP contribution in [0.5, 0.6) is 0 Å². The van der Waals surface area contributed by atoms with Crippen molar-refractivity contribution in [3.05, 3.63) is 87.5 Å². The number of carboxylic acid groups (broad SMARTS) is 1. The number of carboxylic acids is 1. The Morgan fingerprint density at radius 1 is 1.10 bits per heavy atom. The van der Waals surface area contributed by atoms with E-state index in [0.29, 0.717) is 10.9 Å². The number of benzene rings is 3. The van der Waals surface area contributed by atoms with Crippen LogP contribution in [-0.4, -0.2) is 24.4 Å². The molecule has 0 aliphatic heterocycles. The molecule has 0 unspecified atom stereocenters. The summed E-state index contributed by atoms with van der Waals surface area (Å²) in [5.41, 5.74) is 0.0640. The molecule has 0 fully saturated rings. The largest absolute Gasteiger partial charge is 0.478 e. The molecule has 0 spiro atoms. The minimum atomic E-state index is -3.90. The maximum Gasteiger partial charge on any atom is 0.331 e. The minimum Gasteiger partial charge on any atom is -0.478 e. The molecular weight excluding hydrogens is 394 g/mol. The van der Waals surface area contributed by atoms with Gasteiger partial charge in [-0.3, -0.25) is 10.1 Å². The third kappa shape index (κ3) is 4.33. The van der Waals surface area contributed by atoms with Crippen LogP contribution in [0.25, 0.3) is 16.8 Å². The zero-order valence-corrected chi connectivity index (χ0v) is 16.2. The van der Waals surface area contributed by atoms with Crippen LogP contribution in [0.3, 0.4) is 0 Å². The zero-order chi connectivity index (χ0) is 21.2. The molecule has 0 bridgehead atoms. The molecule has 0 amide bonds. The SMILES string of the molecule is CC(=Cc1ccc([N+](=O)[O-])c(CS(=O)(=O)c2cccc3ccccc23)c1)C(=O)O. The Bertz CT molecular complexity index is 1260. The molecular formula is C21H17NO6S. The maximum atomic E-state index is 13.1. The van der Waals surface area contributed by atoms with Gasteiger partial charge in [0, 0.05) is 22.6 Å². The molecule has 29 heavy (non-hydrogen) atoms. The molecule has 0 heterocycles. The topological polar surface area (TPSA) is 115 Å².